The molecule has 5 heteroatoms. The van der Waals surface area contributed by atoms with E-state index in [-0.39, 0.29) is 0 Å². The van der Waals surface area contributed by atoms with Crippen LogP contribution in [0.2, 0.25) is 0 Å². The van der Waals surface area contributed by atoms with Gasteiger partial charge in [0.25, 0.3) is 0 Å². The molecule has 1 fully saturated rings. The summed E-state index contributed by atoms with van der Waals surface area (Å²) in [4.78, 5) is 7.22. The van der Waals surface area contributed by atoms with Crippen LogP contribution in [0.25, 0.3) is 22.6 Å². The molecule has 4 rings (SSSR count). The van der Waals surface area contributed by atoms with Crippen LogP contribution in [0.5, 0.6) is 0 Å². The molecule has 0 spiro atoms. The third-order valence-electron chi connectivity index (χ3n) is 4.06. The summed E-state index contributed by atoms with van der Waals surface area (Å²) in [6.45, 7) is 1.99. The molecule has 120 valence electrons. The lowest BCUT2D eigenvalue weighted by Crippen LogP contribution is -2.34. The molecule has 1 saturated heterocycles. The van der Waals surface area contributed by atoms with Crippen molar-refractivity contribution in [3.63, 3.8) is 0 Å². The Bertz CT molecular complexity index is 802. The first kappa shape index (κ1) is 15.1. The van der Waals surface area contributed by atoms with Crippen molar-refractivity contribution in [3.8, 4) is 22.6 Å². The zero-order chi connectivity index (χ0) is 16.2. The van der Waals surface area contributed by atoms with E-state index < -0.39 is 0 Å². The van der Waals surface area contributed by atoms with Crippen molar-refractivity contribution in [2.45, 2.75) is 0 Å². The Balaban J connectivity index is 1.81. The molecular formula is C19H18N4S. The standard InChI is InChI=1S/C19H18N4S/c1-3-7-15(8-4-1)17-19(23-11-13-24-14-12-23)20-18(22-21-17)16-9-5-2-6-10-16/h1-10H,11-14H2. The predicted octanol–water partition coefficient (Wildman–Crippen LogP) is 3.76. The van der Waals surface area contributed by atoms with Crippen molar-refractivity contribution in [2.75, 3.05) is 29.5 Å². The van der Waals surface area contributed by atoms with Gasteiger partial charge in [0.1, 0.15) is 5.69 Å². The van der Waals surface area contributed by atoms with Crippen molar-refractivity contribution in [1.29, 1.82) is 0 Å². The zero-order valence-electron chi connectivity index (χ0n) is 13.3. The second-order valence-corrected chi connectivity index (χ2v) is 6.86. The van der Waals surface area contributed by atoms with Crippen LogP contribution in [0, 0.1) is 0 Å². The normalized spacial score (nSPS) is 14.6. The molecule has 0 N–H and O–H groups in total. The second-order valence-electron chi connectivity index (χ2n) is 5.64. The average molecular weight is 334 g/mol. The minimum Gasteiger partial charge on any atom is -0.353 e. The number of hydrogen-bond acceptors (Lipinski definition) is 5. The van der Waals surface area contributed by atoms with E-state index in [9.17, 15) is 0 Å². The van der Waals surface area contributed by atoms with Gasteiger partial charge in [0.05, 0.1) is 0 Å². The average Bonchev–Trinajstić information content (AvgIpc) is 2.69. The maximum atomic E-state index is 4.89. The number of rotatable bonds is 3. The van der Waals surface area contributed by atoms with Crippen LogP contribution in [-0.2, 0) is 0 Å². The fraction of sp³-hybridized carbons (Fsp3) is 0.211. The van der Waals surface area contributed by atoms with Crippen LogP contribution < -0.4 is 4.90 Å². The highest BCUT2D eigenvalue weighted by Gasteiger charge is 2.20. The van der Waals surface area contributed by atoms with Crippen LogP contribution in [0.15, 0.2) is 60.7 Å². The highest BCUT2D eigenvalue weighted by molar-refractivity contribution is 7.99. The fourth-order valence-electron chi connectivity index (χ4n) is 2.81. The Morgan fingerprint density at radius 2 is 1.38 bits per heavy atom. The van der Waals surface area contributed by atoms with Crippen LogP contribution in [-0.4, -0.2) is 39.8 Å². The van der Waals surface area contributed by atoms with Gasteiger partial charge >= 0.3 is 0 Å². The van der Waals surface area contributed by atoms with E-state index >= 15 is 0 Å². The lowest BCUT2D eigenvalue weighted by atomic mass is 10.1. The predicted molar refractivity (Wildman–Crippen MR) is 100 cm³/mol. The summed E-state index contributed by atoms with van der Waals surface area (Å²) < 4.78 is 0. The van der Waals surface area contributed by atoms with Gasteiger partial charge in [-0.25, -0.2) is 4.98 Å². The van der Waals surface area contributed by atoms with Gasteiger partial charge in [0, 0.05) is 35.7 Å². The summed E-state index contributed by atoms with van der Waals surface area (Å²) in [5.41, 5.74) is 2.92. The minimum atomic E-state index is 0.684. The lowest BCUT2D eigenvalue weighted by molar-refractivity contribution is 0.824. The number of thioether (sulfide) groups is 1. The molecule has 24 heavy (non-hydrogen) atoms. The fourth-order valence-corrected chi connectivity index (χ4v) is 3.71. The molecule has 0 bridgehead atoms. The molecule has 1 aliphatic rings. The summed E-state index contributed by atoms with van der Waals surface area (Å²) in [6, 6.07) is 20.2. The van der Waals surface area contributed by atoms with Gasteiger partial charge in [-0.15, -0.1) is 10.2 Å². The van der Waals surface area contributed by atoms with E-state index in [2.05, 4.69) is 27.2 Å². The minimum absolute atomic E-state index is 0.684. The first-order valence-electron chi connectivity index (χ1n) is 8.10. The van der Waals surface area contributed by atoms with Gasteiger partial charge in [0.2, 0.25) is 0 Å². The quantitative estimate of drug-likeness (QED) is 0.729. The lowest BCUT2D eigenvalue weighted by Gasteiger charge is -2.28. The molecule has 0 saturated carbocycles. The van der Waals surface area contributed by atoms with Gasteiger partial charge in [-0.05, 0) is 0 Å². The first-order valence-corrected chi connectivity index (χ1v) is 9.25. The molecule has 1 aliphatic heterocycles. The summed E-state index contributed by atoms with van der Waals surface area (Å²) >= 11 is 1.99. The highest BCUT2D eigenvalue weighted by Crippen LogP contribution is 2.30. The third kappa shape index (κ3) is 3.12. The summed E-state index contributed by atoms with van der Waals surface area (Å²) in [5, 5.41) is 8.93. The molecule has 0 atom stereocenters. The van der Waals surface area contributed by atoms with Crippen molar-refractivity contribution in [3.05, 3.63) is 60.7 Å². The van der Waals surface area contributed by atoms with Crippen LogP contribution in [0.3, 0.4) is 0 Å². The molecule has 3 aromatic rings. The van der Waals surface area contributed by atoms with Gasteiger partial charge < -0.3 is 4.90 Å². The van der Waals surface area contributed by atoms with Crippen molar-refractivity contribution >= 4 is 17.6 Å². The molecule has 0 amide bonds. The molecule has 4 nitrogen and oxygen atoms in total. The Kier molecular flexibility index (Phi) is 4.42. The van der Waals surface area contributed by atoms with Gasteiger partial charge in [-0.1, -0.05) is 60.7 Å². The number of benzene rings is 2. The number of anilines is 1. The third-order valence-corrected chi connectivity index (χ3v) is 5.00. The highest BCUT2D eigenvalue weighted by atomic mass is 32.2. The van der Waals surface area contributed by atoms with Gasteiger partial charge in [-0.2, -0.15) is 11.8 Å². The summed E-state index contributed by atoms with van der Waals surface area (Å²) in [5.74, 6) is 3.87. The molecule has 0 unspecified atom stereocenters. The SMILES string of the molecule is c1ccc(-c2nnc(-c3ccccc3)c(N3CCSCC3)n2)cc1. The Labute approximate surface area is 146 Å². The Hall–Kier alpha value is -2.40. The van der Waals surface area contributed by atoms with Crippen LogP contribution in [0.4, 0.5) is 5.82 Å². The van der Waals surface area contributed by atoms with Crippen LogP contribution in [0.1, 0.15) is 0 Å². The number of aromatic nitrogens is 3. The topological polar surface area (TPSA) is 41.9 Å². The summed E-state index contributed by atoms with van der Waals surface area (Å²) in [6.07, 6.45) is 0. The van der Waals surface area contributed by atoms with E-state index in [1.165, 1.54) is 0 Å². The van der Waals surface area contributed by atoms with Gasteiger partial charge in [-0.3, -0.25) is 0 Å². The van der Waals surface area contributed by atoms with Crippen molar-refractivity contribution < 1.29 is 0 Å². The second kappa shape index (κ2) is 7.01. The van der Waals surface area contributed by atoms with Crippen molar-refractivity contribution in [2.24, 2.45) is 0 Å². The number of hydrogen-bond donors (Lipinski definition) is 0. The molecular weight excluding hydrogens is 316 g/mol. The first-order chi connectivity index (χ1) is 11.9. The maximum absolute atomic E-state index is 4.89. The van der Waals surface area contributed by atoms with E-state index in [0.717, 1.165) is 47.2 Å². The zero-order valence-corrected chi connectivity index (χ0v) is 14.1. The summed E-state index contributed by atoms with van der Waals surface area (Å²) in [7, 11) is 0. The Morgan fingerprint density at radius 3 is 2.04 bits per heavy atom. The Morgan fingerprint density at radius 1 is 0.750 bits per heavy atom. The van der Waals surface area contributed by atoms with E-state index in [0.29, 0.717) is 5.82 Å². The monoisotopic (exact) mass is 334 g/mol. The molecule has 2 aromatic carbocycles. The van der Waals surface area contributed by atoms with E-state index in [1.807, 2.05) is 60.3 Å². The molecule has 2 heterocycles. The van der Waals surface area contributed by atoms with Crippen LogP contribution >= 0.6 is 11.8 Å². The smallest absolute Gasteiger partial charge is 0.183 e. The number of nitrogens with zero attached hydrogens (tertiary/aromatic N) is 4. The van der Waals surface area contributed by atoms with E-state index in [4.69, 9.17) is 4.98 Å². The molecule has 0 aliphatic carbocycles. The van der Waals surface area contributed by atoms with Crippen molar-refractivity contribution in [1.82, 2.24) is 15.2 Å². The largest absolute Gasteiger partial charge is 0.353 e. The van der Waals surface area contributed by atoms with E-state index in [1.54, 1.807) is 0 Å². The maximum Gasteiger partial charge on any atom is 0.183 e. The molecule has 1 aromatic heterocycles. The van der Waals surface area contributed by atoms with Gasteiger partial charge in [0.15, 0.2) is 11.6 Å². The molecule has 0 radical (unpaired) electrons.